The molecule has 0 bridgehead atoms. The van der Waals surface area contributed by atoms with Gasteiger partial charge in [0.25, 0.3) is 5.91 Å². The number of halogens is 4. The summed E-state index contributed by atoms with van der Waals surface area (Å²) in [4.78, 5) is 13.1. The molecule has 0 unspecified atom stereocenters. The molecule has 1 aliphatic rings. The average molecular weight is 389 g/mol. The monoisotopic (exact) mass is 388 g/mol. The molecule has 4 nitrogen and oxygen atoms in total. The number of hydrogen-bond donors (Lipinski definition) is 0. The van der Waals surface area contributed by atoms with Crippen molar-refractivity contribution in [3.05, 3.63) is 45.8 Å². The molecule has 0 heterocycles. The number of rotatable bonds is 6. The van der Waals surface area contributed by atoms with Gasteiger partial charge in [-0.25, -0.2) is 0 Å². The van der Waals surface area contributed by atoms with E-state index < -0.39 is 17.5 Å². The van der Waals surface area contributed by atoms with Crippen LogP contribution in [-0.4, -0.2) is 30.9 Å². The van der Waals surface area contributed by atoms with Crippen LogP contribution in [0.4, 0.5) is 13.2 Å². The van der Waals surface area contributed by atoms with Crippen molar-refractivity contribution >= 4 is 24.2 Å². The van der Waals surface area contributed by atoms with Crippen molar-refractivity contribution in [3.8, 4) is 0 Å². The first kappa shape index (κ1) is 20.3. The predicted octanol–water partition coefficient (Wildman–Crippen LogP) is 5.28. The first-order valence-corrected chi connectivity index (χ1v) is 8.43. The number of nitrogens with zero attached hydrogens (tertiary/aromatic N) is 2. The number of methoxy groups -OCH3 is 1. The van der Waals surface area contributed by atoms with E-state index in [-0.39, 0.29) is 29.0 Å². The summed E-state index contributed by atoms with van der Waals surface area (Å²) >= 11 is 6.15. The molecule has 0 atom stereocenters. The summed E-state index contributed by atoms with van der Waals surface area (Å²) in [5, 5.41) is 4.61. The number of carbonyl (C=O) groups is 1. The first-order chi connectivity index (χ1) is 12.1. The second-order valence-corrected chi connectivity index (χ2v) is 6.47. The molecule has 1 aromatic carbocycles. The molecule has 0 N–H and O–H groups in total. The average Bonchev–Trinajstić information content (AvgIpc) is 3.39. The maximum atomic E-state index is 13.6. The van der Waals surface area contributed by atoms with Crippen LogP contribution in [0.25, 0.3) is 0 Å². The Morgan fingerprint density at radius 3 is 2.46 bits per heavy atom. The van der Waals surface area contributed by atoms with E-state index in [1.54, 1.807) is 13.8 Å². The lowest BCUT2D eigenvalue weighted by Gasteiger charge is -2.26. The molecule has 26 heavy (non-hydrogen) atoms. The summed E-state index contributed by atoms with van der Waals surface area (Å²) in [6.45, 7) is 6.79. The predicted molar refractivity (Wildman–Crippen MR) is 94.1 cm³/mol. The van der Waals surface area contributed by atoms with Crippen LogP contribution in [0.15, 0.2) is 34.8 Å². The highest BCUT2D eigenvalue weighted by molar-refractivity contribution is 6.34. The van der Waals surface area contributed by atoms with Crippen molar-refractivity contribution in [2.75, 3.05) is 7.11 Å². The standard InChI is InChI=1S/C18H20ClF3N2O2/c1-5-14(11(2)26-4)24(23-3)16(25)15-12(7-6-8-13(15)19)17(9-10-17)18(20,21)22/h6-8H,3,5,9-10H2,1-2,4H3/b14-11+. The van der Waals surface area contributed by atoms with Gasteiger partial charge in [0.05, 0.1) is 28.8 Å². The number of amides is 1. The second-order valence-electron chi connectivity index (χ2n) is 6.06. The minimum absolute atomic E-state index is 0.0535. The van der Waals surface area contributed by atoms with Gasteiger partial charge in [0.15, 0.2) is 0 Å². The van der Waals surface area contributed by atoms with E-state index >= 15 is 0 Å². The molecule has 0 aromatic heterocycles. The first-order valence-electron chi connectivity index (χ1n) is 8.05. The molecule has 1 saturated carbocycles. The van der Waals surface area contributed by atoms with E-state index in [4.69, 9.17) is 16.3 Å². The highest BCUT2D eigenvalue weighted by Gasteiger charge is 2.65. The van der Waals surface area contributed by atoms with Crippen molar-refractivity contribution in [3.63, 3.8) is 0 Å². The van der Waals surface area contributed by atoms with Gasteiger partial charge >= 0.3 is 6.18 Å². The van der Waals surface area contributed by atoms with Crippen molar-refractivity contribution in [1.29, 1.82) is 0 Å². The Morgan fingerprint density at radius 1 is 1.42 bits per heavy atom. The van der Waals surface area contributed by atoms with Gasteiger partial charge in [0.2, 0.25) is 0 Å². The third-order valence-electron chi connectivity index (χ3n) is 4.67. The molecule has 1 fully saturated rings. The summed E-state index contributed by atoms with van der Waals surface area (Å²) < 4.78 is 46.0. The topological polar surface area (TPSA) is 41.9 Å². The highest BCUT2D eigenvalue weighted by Crippen LogP contribution is 2.60. The third kappa shape index (κ3) is 3.32. The number of alkyl halides is 3. The van der Waals surface area contributed by atoms with E-state index in [0.717, 1.165) is 5.01 Å². The Kier molecular flexibility index (Phi) is 5.70. The fraction of sp³-hybridized carbons (Fsp3) is 0.444. The van der Waals surface area contributed by atoms with Crippen LogP contribution >= 0.6 is 11.6 Å². The maximum absolute atomic E-state index is 13.6. The van der Waals surface area contributed by atoms with Gasteiger partial charge in [-0.3, -0.25) is 4.79 Å². The molecule has 1 aromatic rings. The molecule has 0 spiro atoms. The zero-order chi connectivity index (χ0) is 19.7. The van der Waals surface area contributed by atoms with Crippen molar-refractivity contribution in [1.82, 2.24) is 5.01 Å². The number of hydrazone groups is 1. The second kappa shape index (κ2) is 7.31. The Balaban J connectivity index is 2.62. The van der Waals surface area contributed by atoms with Gasteiger partial charge in [0.1, 0.15) is 5.76 Å². The van der Waals surface area contributed by atoms with Crippen LogP contribution in [0.2, 0.25) is 5.02 Å². The Hall–Kier alpha value is -2.02. The minimum Gasteiger partial charge on any atom is -0.499 e. The van der Waals surface area contributed by atoms with Gasteiger partial charge in [-0.2, -0.15) is 23.3 Å². The van der Waals surface area contributed by atoms with E-state index in [2.05, 4.69) is 11.8 Å². The molecule has 0 saturated heterocycles. The number of carbonyl (C=O) groups excluding carboxylic acids is 1. The van der Waals surface area contributed by atoms with E-state index in [9.17, 15) is 18.0 Å². The highest BCUT2D eigenvalue weighted by atomic mass is 35.5. The maximum Gasteiger partial charge on any atom is 0.398 e. The molecule has 1 aliphatic carbocycles. The van der Waals surface area contributed by atoms with Gasteiger partial charge in [0, 0.05) is 6.72 Å². The van der Waals surface area contributed by atoms with Crippen LogP contribution in [0, 0.1) is 0 Å². The number of ether oxygens (including phenoxy) is 1. The van der Waals surface area contributed by atoms with Crippen LogP contribution in [-0.2, 0) is 10.2 Å². The molecular weight excluding hydrogens is 369 g/mol. The van der Waals surface area contributed by atoms with Crippen molar-refractivity contribution in [2.45, 2.75) is 44.7 Å². The van der Waals surface area contributed by atoms with E-state index in [1.165, 1.54) is 25.3 Å². The number of benzene rings is 1. The van der Waals surface area contributed by atoms with Crippen LogP contribution in [0.5, 0.6) is 0 Å². The quantitative estimate of drug-likeness (QED) is 0.378. The number of hydrogen-bond acceptors (Lipinski definition) is 3. The number of allylic oxidation sites excluding steroid dienone is 2. The molecular formula is C18H20ClF3N2O2. The minimum atomic E-state index is -4.47. The van der Waals surface area contributed by atoms with Gasteiger partial charge < -0.3 is 4.74 Å². The Bertz CT molecular complexity index is 755. The summed E-state index contributed by atoms with van der Waals surface area (Å²) in [6.07, 6.45) is -4.25. The molecule has 0 aliphatic heterocycles. The molecule has 1 amide bonds. The lowest BCUT2D eigenvalue weighted by molar-refractivity contribution is -0.160. The van der Waals surface area contributed by atoms with Gasteiger partial charge in [-0.15, -0.1) is 0 Å². The Labute approximate surface area is 155 Å². The third-order valence-corrected chi connectivity index (χ3v) is 4.99. The zero-order valence-corrected chi connectivity index (χ0v) is 15.5. The van der Waals surface area contributed by atoms with Gasteiger partial charge in [-0.1, -0.05) is 30.7 Å². The smallest absolute Gasteiger partial charge is 0.398 e. The summed E-state index contributed by atoms with van der Waals surface area (Å²) in [6, 6.07) is 4.12. The zero-order valence-electron chi connectivity index (χ0n) is 14.8. The normalized spacial score (nSPS) is 16.6. The fourth-order valence-electron chi connectivity index (χ4n) is 3.01. The summed E-state index contributed by atoms with van der Waals surface area (Å²) in [7, 11) is 1.43. The summed E-state index contributed by atoms with van der Waals surface area (Å²) in [5.41, 5.74) is -1.97. The molecule has 2 rings (SSSR count). The molecule has 142 valence electrons. The van der Waals surface area contributed by atoms with E-state index in [0.29, 0.717) is 17.9 Å². The molecule has 8 heteroatoms. The SMILES string of the molecule is C=NN(C(=O)c1c(Cl)cccc1C1(C(F)(F)F)CC1)/C(CC)=C(\C)OC. The fourth-order valence-corrected chi connectivity index (χ4v) is 3.27. The largest absolute Gasteiger partial charge is 0.499 e. The van der Waals surface area contributed by atoms with Crippen LogP contribution in [0.1, 0.15) is 49.0 Å². The lowest BCUT2D eigenvalue weighted by atomic mass is 9.90. The molecule has 0 radical (unpaired) electrons. The van der Waals surface area contributed by atoms with E-state index in [1.807, 2.05) is 0 Å². The lowest BCUT2D eigenvalue weighted by Crippen LogP contribution is -2.33. The summed E-state index contributed by atoms with van der Waals surface area (Å²) in [5.74, 6) is -0.344. The van der Waals surface area contributed by atoms with Crippen molar-refractivity contribution in [2.24, 2.45) is 5.10 Å². The van der Waals surface area contributed by atoms with Crippen molar-refractivity contribution < 1.29 is 22.7 Å². The van der Waals surface area contributed by atoms with Gasteiger partial charge in [-0.05, 0) is 37.8 Å². The Morgan fingerprint density at radius 2 is 2.04 bits per heavy atom. The van der Waals surface area contributed by atoms with Crippen LogP contribution in [0.3, 0.4) is 0 Å². The van der Waals surface area contributed by atoms with Crippen LogP contribution < -0.4 is 0 Å².